The fourth-order valence-electron chi connectivity index (χ4n) is 6.54. The van der Waals surface area contributed by atoms with Crippen molar-refractivity contribution in [1.29, 1.82) is 0 Å². The molecule has 6 rings (SSSR count). The van der Waals surface area contributed by atoms with Gasteiger partial charge in [-0.05, 0) is 35.6 Å². The second-order valence-electron chi connectivity index (χ2n) is 11.3. The third kappa shape index (κ3) is 5.78. The number of ether oxygens (including phenoxy) is 1. The highest BCUT2D eigenvalue weighted by molar-refractivity contribution is 7.70. The van der Waals surface area contributed by atoms with Crippen LogP contribution in [-0.4, -0.2) is 81.8 Å². The second-order valence-corrected chi connectivity index (χ2v) is 15.6. The molecule has 2 unspecified atom stereocenters. The zero-order valence-electron chi connectivity index (χ0n) is 22.4. The Morgan fingerprint density at radius 2 is 1.81 bits per heavy atom. The molecule has 42 heavy (non-hydrogen) atoms. The van der Waals surface area contributed by atoms with Crippen LogP contribution >= 0.6 is 26.8 Å². The Bertz CT molecular complexity index is 1580. The van der Waals surface area contributed by atoms with E-state index in [2.05, 4.69) is 38.1 Å². The van der Waals surface area contributed by atoms with E-state index in [-0.39, 0.29) is 16.3 Å². The Hall–Kier alpha value is -1.96. The average Bonchev–Trinajstić information content (AvgIpc) is 3.46. The lowest BCUT2D eigenvalue weighted by Crippen LogP contribution is -2.47. The van der Waals surface area contributed by atoms with Gasteiger partial charge in [-0.3, -0.25) is 13.7 Å². The van der Waals surface area contributed by atoms with E-state index < -0.39 is 52.2 Å². The molecule has 0 amide bonds. The van der Waals surface area contributed by atoms with Gasteiger partial charge in [-0.25, -0.2) is 4.98 Å². The zero-order chi connectivity index (χ0) is 29.9. The smallest absolute Gasteiger partial charge is 0.340 e. The highest BCUT2D eigenvalue weighted by Gasteiger charge is 2.46. The summed E-state index contributed by atoms with van der Waals surface area (Å²) in [6.07, 6.45) is 1.44. The zero-order valence-corrected chi connectivity index (χ0v) is 25.0. The van der Waals surface area contributed by atoms with Gasteiger partial charge in [-0.2, -0.15) is 9.97 Å². The molecule has 1 aromatic carbocycles. The summed E-state index contributed by atoms with van der Waals surface area (Å²) in [6, 6.07) is 8.47. The van der Waals surface area contributed by atoms with Crippen LogP contribution in [0, 0.1) is 0 Å². The summed E-state index contributed by atoms with van der Waals surface area (Å²) in [7, 11) is -9.54. The Kier molecular flexibility index (Phi) is 8.02. The van der Waals surface area contributed by atoms with Gasteiger partial charge in [0.2, 0.25) is 5.28 Å². The summed E-state index contributed by atoms with van der Waals surface area (Å²) in [5.41, 5.74) is 3.26. The number of benzene rings is 1. The average molecular weight is 644 g/mol. The molecule has 0 bridgehead atoms. The van der Waals surface area contributed by atoms with E-state index >= 15 is 0 Å². The quantitative estimate of drug-likeness (QED) is 0.186. The van der Waals surface area contributed by atoms with Crippen LogP contribution in [0.15, 0.2) is 30.6 Å². The number of anilines is 1. The van der Waals surface area contributed by atoms with Crippen LogP contribution in [-0.2, 0) is 30.4 Å². The molecule has 5 N–H and O–H groups in total. The van der Waals surface area contributed by atoms with Gasteiger partial charge in [0.05, 0.1) is 12.9 Å². The normalized spacial score (nSPS) is 27.3. The first-order valence-corrected chi connectivity index (χ1v) is 17.6. The van der Waals surface area contributed by atoms with Crippen LogP contribution in [0.2, 0.25) is 5.28 Å². The van der Waals surface area contributed by atoms with Crippen LogP contribution in [0.1, 0.15) is 49.5 Å². The number of fused-ring (bicyclic) bond motifs is 3. The van der Waals surface area contributed by atoms with Gasteiger partial charge < -0.3 is 39.1 Å². The Morgan fingerprint density at radius 3 is 2.55 bits per heavy atom. The standard InChI is InChI=1S/C25H32ClN5O9P2/c26-24-28-21(30-10-15-6-2-3-7-16(15)25(12-30)8-4-1-5-9-25)18-22(29-24)31(13-27-18)23-20(33)19(32)17(40-23)11-39-42(37,38)14-41(34,35)36/h2-3,6-7,13,17,19-20,23,32-33H,1,4-5,8-12,14H2,(H,37,38)(H2,34,35,36)/t17-,19?,20+,23-/m1/s1. The van der Waals surface area contributed by atoms with Crippen LogP contribution in [0.25, 0.3) is 11.2 Å². The summed E-state index contributed by atoms with van der Waals surface area (Å²) >= 11 is 6.42. The molecule has 1 saturated carbocycles. The molecule has 3 aromatic rings. The van der Waals surface area contributed by atoms with Crippen molar-refractivity contribution in [3.8, 4) is 0 Å². The number of aliphatic hydroxyl groups is 2. The molecule has 1 spiro atoms. The van der Waals surface area contributed by atoms with Crippen molar-refractivity contribution in [2.75, 3.05) is 24.0 Å². The first-order valence-electron chi connectivity index (χ1n) is 13.6. The van der Waals surface area contributed by atoms with Gasteiger partial charge in [0.25, 0.3) is 0 Å². The van der Waals surface area contributed by atoms with Crippen molar-refractivity contribution < 1.29 is 43.3 Å². The van der Waals surface area contributed by atoms with Crippen molar-refractivity contribution in [1.82, 2.24) is 19.5 Å². The van der Waals surface area contributed by atoms with Crippen LogP contribution in [0.4, 0.5) is 5.82 Å². The van der Waals surface area contributed by atoms with Crippen LogP contribution in [0.5, 0.6) is 0 Å². The highest BCUT2D eigenvalue weighted by atomic mass is 35.5. The lowest BCUT2D eigenvalue weighted by molar-refractivity contribution is -0.0483. The van der Waals surface area contributed by atoms with Gasteiger partial charge in [0, 0.05) is 18.5 Å². The van der Waals surface area contributed by atoms with E-state index in [1.165, 1.54) is 28.4 Å². The molecule has 14 nitrogen and oxygen atoms in total. The number of aromatic nitrogens is 4. The summed E-state index contributed by atoms with van der Waals surface area (Å²) in [5.74, 6) is -0.851. The minimum Gasteiger partial charge on any atom is -0.387 e. The predicted octanol–water partition coefficient (Wildman–Crippen LogP) is 2.66. The molecular weight excluding hydrogens is 612 g/mol. The lowest BCUT2D eigenvalue weighted by atomic mass is 9.66. The molecule has 2 fully saturated rings. The molecular formula is C25H32ClN5O9P2. The number of rotatable bonds is 7. The predicted molar refractivity (Wildman–Crippen MR) is 151 cm³/mol. The monoisotopic (exact) mass is 643 g/mol. The van der Waals surface area contributed by atoms with Gasteiger partial charge >= 0.3 is 15.2 Å². The topological polar surface area (TPSA) is 201 Å². The molecule has 0 radical (unpaired) electrons. The molecule has 228 valence electrons. The SMILES string of the molecule is O=P(O)(O)CP(=O)(O)OC[C@H]1O[C@@H](n2cnc3c(N4Cc5ccccc5C5(CCCCC5)C4)nc(Cl)nc32)[C@@H](O)C1O. The molecule has 3 aliphatic rings. The highest BCUT2D eigenvalue weighted by Crippen LogP contribution is 2.55. The van der Waals surface area contributed by atoms with Gasteiger partial charge in [0.15, 0.2) is 29.1 Å². The largest absolute Gasteiger partial charge is 0.387 e. The van der Waals surface area contributed by atoms with E-state index in [0.29, 0.717) is 17.9 Å². The molecule has 1 aliphatic carbocycles. The molecule has 4 heterocycles. The number of hydrogen-bond acceptors (Lipinski definition) is 10. The van der Waals surface area contributed by atoms with Crippen molar-refractivity contribution in [3.05, 3.63) is 47.0 Å². The maximum Gasteiger partial charge on any atom is 0.340 e. The van der Waals surface area contributed by atoms with Gasteiger partial charge in [-0.1, -0.05) is 43.5 Å². The van der Waals surface area contributed by atoms with Crippen molar-refractivity contribution in [2.45, 2.75) is 68.6 Å². The summed E-state index contributed by atoms with van der Waals surface area (Å²) in [6.45, 7) is 0.630. The van der Waals surface area contributed by atoms with E-state index in [4.69, 9.17) is 30.6 Å². The van der Waals surface area contributed by atoms with Crippen molar-refractivity contribution in [2.24, 2.45) is 0 Å². The first-order chi connectivity index (χ1) is 19.9. The van der Waals surface area contributed by atoms with Gasteiger partial charge in [-0.15, -0.1) is 0 Å². The fraction of sp³-hybridized carbons (Fsp3) is 0.560. The molecule has 2 aromatic heterocycles. The Balaban J connectivity index is 1.29. The molecule has 1 saturated heterocycles. The Labute approximate surface area is 246 Å². The summed E-state index contributed by atoms with van der Waals surface area (Å²) < 4.78 is 35.2. The minimum atomic E-state index is -4.84. The second kappa shape index (κ2) is 11.2. The number of halogens is 1. The molecule has 2 aliphatic heterocycles. The number of nitrogens with zero attached hydrogens (tertiary/aromatic N) is 5. The van der Waals surface area contributed by atoms with E-state index in [9.17, 15) is 24.2 Å². The van der Waals surface area contributed by atoms with Crippen LogP contribution in [0.3, 0.4) is 0 Å². The number of aliphatic hydroxyl groups excluding tert-OH is 2. The van der Waals surface area contributed by atoms with Crippen molar-refractivity contribution >= 4 is 43.8 Å². The number of imidazole rings is 1. The summed E-state index contributed by atoms with van der Waals surface area (Å²) in [5, 5.41) is 21.4. The Morgan fingerprint density at radius 1 is 1.07 bits per heavy atom. The van der Waals surface area contributed by atoms with Crippen molar-refractivity contribution in [3.63, 3.8) is 0 Å². The number of hydrogen-bond donors (Lipinski definition) is 5. The van der Waals surface area contributed by atoms with E-state index in [1.807, 2.05) is 6.07 Å². The molecule has 17 heteroatoms. The maximum absolute atomic E-state index is 12.1. The third-order valence-corrected chi connectivity index (χ3v) is 12.0. The minimum absolute atomic E-state index is 0.0204. The van der Waals surface area contributed by atoms with Crippen LogP contribution < -0.4 is 4.90 Å². The van der Waals surface area contributed by atoms with E-state index in [0.717, 1.165) is 32.2 Å². The lowest BCUT2D eigenvalue weighted by Gasteiger charge is -2.47. The maximum atomic E-state index is 12.1. The van der Waals surface area contributed by atoms with E-state index in [1.54, 1.807) is 0 Å². The van der Waals surface area contributed by atoms with Gasteiger partial charge in [0.1, 0.15) is 18.3 Å². The third-order valence-electron chi connectivity index (χ3n) is 8.34. The first kappa shape index (κ1) is 30.1. The fourth-order valence-corrected chi connectivity index (χ4v) is 9.27. The molecule has 5 atom stereocenters. The summed E-state index contributed by atoms with van der Waals surface area (Å²) in [4.78, 5) is 43.4.